The Morgan fingerprint density at radius 2 is 2.05 bits per heavy atom. The monoisotopic (exact) mass is 524 g/mol. The van der Waals surface area contributed by atoms with Crippen LogP contribution < -0.4 is 10.6 Å². The van der Waals surface area contributed by atoms with E-state index >= 15 is 0 Å². The second kappa shape index (κ2) is 12.1. The van der Waals surface area contributed by atoms with Crippen molar-refractivity contribution >= 4 is 23.5 Å². The second-order valence-electron chi connectivity index (χ2n) is 10.9. The van der Waals surface area contributed by atoms with Crippen LogP contribution in [0.1, 0.15) is 70.1 Å². The highest BCUT2D eigenvalue weighted by molar-refractivity contribution is 8.03. The second-order valence-corrected chi connectivity index (χ2v) is 11.9. The van der Waals surface area contributed by atoms with Gasteiger partial charge in [0.15, 0.2) is 0 Å². The molecule has 9 heteroatoms. The third kappa shape index (κ3) is 6.82. The highest BCUT2D eigenvalue weighted by atomic mass is 32.2. The van der Waals surface area contributed by atoms with Crippen molar-refractivity contribution in [3.63, 3.8) is 0 Å². The van der Waals surface area contributed by atoms with Crippen LogP contribution in [-0.4, -0.2) is 62.9 Å². The van der Waals surface area contributed by atoms with Crippen molar-refractivity contribution in [3.05, 3.63) is 46.8 Å². The Balaban J connectivity index is 1.38. The van der Waals surface area contributed by atoms with Crippen molar-refractivity contribution in [1.82, 2.24) is 19.9 Å². The zero-order valence-electron chi connectivity index (χ0n) is 22.2. The minimum Gasteiger partial charge on any atom is -0.393 e. The molecule has 1 unspecified atom stereocenters. The van der Waals surface area contributed by atoms with E-state index in [0.29, 0.717) is 23.8 Å². The van der Waals surface area contributed by atoms with Crippen LogP contribution in [0.4, 0.5) is 11.8 Å². The van der Waals surface area contributed by atoms with Gasteiger partial charge in [-0.3, -0.25) is 4.90 Å². The molecule has 1 saturated heterocycles. The van der Waals surface area contributed by atoms with E-state index in [0.717, 1.165) is 80.0 Å². The van der Waals surface area contributed by atoms with Crippen molar-refractivity contribution < 1.29 is 9.84 Å². The summed E-state index contributed by atoms with van der Waals surface area (Å²) in [6, 6.07) is 6.93. The summed E-state index contributed by atoms with van der Waals surface area (Å²) in [5, 5.41) is 19.2. The molecule has 2 aliphatic heterocycles. The SMILES string of the molecule is CC1CC=C(Nc2cc(CN3CCOC[C@H]3C(C)C)nc(NC3CCC(O)CC3)n2)Sc2ncccc21. The van der Waals surface area contributed by atoms with Crippen molar-refractivity contribution in [3.8, 4) is 0 Å². The minimum atomic E-state index is -0.185. The number of anilines is 2. The summed E-state index contributed by atoms with van der Waals surface area (Å²) in [6.07, 6.45) is 8.38. The number of fused-ring (bicyclic) bond motifs is 1. The molecular weight excluding hydrogens is 484 g/mol. The molecule has 0 radical (unpaired) electrons. The molecular formula is C28H40N6O2S. The first kappa shape index (κ1) is 26.4. The zero-order valence-corrected chi connectivity index (χ0v) is 23.0. The predicted octanol–water partition coefficient (Wildman–Crippen LogP) is 5.00. The Hall–Kier alpha value is -2.20. The number of hydrogen-bond acceptors (Lipinski definition) is 9. The number of ether oxygens (including phenoxy) is 1. The van der Waals surface area contributed by atoms with Gasteiger partial charge < -0.3 is 20.5 Å². The first-order valence-corrected chi connectivity index (χ1v) is 14.5. The molecule has 200 valence electrons. The average Bonchev–Trinajstić information content (AvgIpc) is 3.04. The lowest BCUT2D eigenvalue weighted by atomic mass is 9.93. The average molecular weight is 525 g/mol. The highest BCUT2D eigenvalue weighted by Crippen LogP contribution is 2.37. The number of thioether (sulfide) groups is 1. The zero-order chi connectivity index (χ0) is 25.8. The molecule has 3 N–H and O–H groups in total. The number of hydrogen-bond donors (Lipinski definition) is 3. The molecule has 4 heterocycles. The molecule has 5 rings (SSSR count). The van der Waals surface area contributed by atoms with E-state index in [9.17, 15) is 5.11 Å². The van der Waals surface area contributed by atoms with Crippen molar-refractivity contribution in [2.24, 2.45) is 5.92 Å². The minimum absolute atomic E-state index is 0.185. The Kier molecular flexibility index (Phi) is 8.64. The van der Waals surface area contributed by atoms with Gasteiger partial charge in [-0.2, -0.15) is 4.98 Å². The van der Waals surface area contributed by atoms with Crippen LogP contribution in [0.25, 0.3) is 0 Å². The van der Waals surface area contributed by atoms with E-state index in [1.165, 1.54) is 5.56 Å². The molecule has 0 spiro atoms. The number of aliphatic hydroxyl groups excluding tert-OH is 1. The lowest BCUT2D eigenvalue weighted by Gasteiger charge is -2.37. The summed E-state index contributed by atoms with van der Waals surface area (Å²) in [5.41, 5.74) is 2.28. The largest absolute Gasteiger partial charge is 0.393 e. The van der Waals surface area contributed by atoms with E-state index in [1.807, 2.05) is 12.3 Å². The van der Waals surface area contributed by atoms with Gasteiger partial charge in [-0.1, -0.05) is 44.7 Å². The van der Waals surface area contributed by atoms with Crippen molar-refractivity contribution in [1.29, 1.82) is 0 Å². The quantitative estimate of drug-likeness (QED) is 0.463. The molecule has 2 aromatic heterocycles. The maximum atomic E-state index is 9.93. The van der Waals surface area contributed by atoms with Gasteiger partial charge in [-0.25, -0.2) is 9.97 Å². The van der Waals surface area contributed by atoms with Gasteiger partial charge in [-0.05, 0) is 55.6 Å². The third-order valence-corrected chi connectivity index (χ3v) is 8.69. The molecule has 2 aromatic rings. The van der Waals surface area contributed by atoms with Crippen LogP contribution in [0.15, 0.2) is 40.5 Å². The number of aliphatic hydroxyl groups is 1. The molecule has 2 atom stereocenters. The fourth-order valence-corrected chi connectivity index (χ4v) is 6.45. The number of pyridine rings is 1. The summed E-state index contributed by atoms with van der Waals surface area (Å²) in [7, 11) is 0. The van der Waals surface area contributed by atoms with Crippen LogP contribution in [0.5, 0.6) is 0 Å². The van der Waals surface area contributed by atoms with Gasteiger partial charge >= 0.3 is 0 Å². The van der Waals surface area contributed by atoms with Crippen LogP contribution in [0.2, 0.25) is 0 Å². The lowest BCUT2D eigenvalue weighted by molar-refractivity contribution is -0.0289. The Morgan fingerprint density at radius 3 is 2.86 bits per heavy atom. The molecule has 8 nitrogen and oxygen atoms in total. The van der Waals surface area contributed by atoms with Gasteiger partial charge in [0.2, 0.25) is 5.95 Å². The number of allylic oxidation sites excluding steroid dienone is 1. The Morgan fingerprint density at radius 1 is 1.22 bits per heavy atom. The summed E-state index contributed by atoms with van der Waals surface area (Å²) in [5.74, 6) is 2.38. The van der Waals surface area contributed by atoms with Gasteiger partial charge in [0.25, 0.3) is 0 Å². The van der Waals surface area contributed by atoms with Crippen LogP contribution in [-0.2, 0) is 11.3 Å². The maximum absolute atomic E-state index is 9.93. The molecule has 0 bridgehead atoms. The van der Waals surface area contributed by atoms with E-state index < -0.39 is 0 Å². The number of nitrogens with one attached hydrogen (secondary N) is 2. The maximum Gasteiger partial charge on any atom is 0.225 e. The fraction of sp³-hybridized carbons (Fsp3) is 0.607. The number of aromatic nitrogens is 3. The molecule has 2 fully saturated rings. The molecule has 3 aliphatic rings. The molecule has 37 heavy (non-hydrogen) atoms. The number of rotatable bonds is 7. The molecule has 0 aromatic carbocycles. The fourth-order valence-electron chi connectivity index (χ4n) is 5.41. The van der Waals surface area contributed by atoms with Gasteiger partial charge in [-0.15, -0.1) is 0 Å². The normalized spacial score (nSPS) is 26.8. The van der Waals surface area contributed by atoms with Crippen molar-refractivity contribution in [2.45, 2.75) is 88.6 Å². The van der Waals surface area contributed by atoms with Crippen LogP contribution in [0, 0.1) is 5.92 Å². The van der Waals surface area contributed by atoms with Crippen molar-refractivity contribution in [2.75, 3.05) is 30.4 Å². The number of morpholine rings is 1. The van der Waals surface area contributed by atoms with E-state index in [4.69, 9.17) is 14.7 Å². The molecule has 1 saturated carbocycles. The Bertz CT molecular complexity index is 1090. The van der Waals surface area contributed by atoms with Gasteiger partial charge in [0.1, 0.15) is 10.8 Å². The summed E-state index contributed by atoms with van der Waals surface area (Å²) in [4.78, 5) is 17.0. The lowest BCUT2D eigenvalue weighted by Crippen LogP contribution is -2.47. The molecule has 0 amide bonds. The summed E-state index contributed by atoms with van der Waals surface area (Å²) >= 11 is 1.67. The Labute approximate surface area is 224 Å². The topological polar surface area (TPSA) is 95.4 Å². The van der Waals surface area contributed by atoms with Crippen LogP contribution >= 0.6 is 11.8 Å². The standard InChI is InChI=1S/C28H40N6O2S/c1-18(2)24-17-36-14-13-34(24)16-21-15-25(33-28(31-21)30-20-7-9-22(35)10-8-20)32-26-11-6-19(3)23-5-4-12-29-27(23)37-26/h4-5,11-12,15,18-20,22,24,35H,6-10,13-14,16-17H2,1-3H3,(H2,30,31,32,33)/t19?,20?,22?,24-/m0/s1. The van der Waals surface area contributed by atoms with E-state index in [-0.39, 0.29) is 12.1 Å². The highest BCUT2D eigenvalue weighted by Gasteiger charge is 2.27. The van der Waals surface area contributed by atoms with E-state index in [1.54, 1.807) is 11.8 Å². The first-order valence-electron chi connectivity index (χ1n) is 13.7. The van der Waals surface area contributed by atoms with Gasteiger partial charge in [0.05, 0.1) is 30.0 Å². The third-order valence-electron chi connectivity index (χ3n) is 7.67. The van der Waals surface area contributed by atoms with Gasteiger partial charge in [0, 0.05) is 37.4 Å². The smallest absolute Gasteiger partial charge is 0.225 e. The predicted molar refractivity (Wildman–Crippen MR) is 149 cm³/mol. The number of nitrogens with zero attached hydrogens (tertiary/aromatic N) is 4. The van der Waals surface area contributed by atoms with E-state index in [2.05, 4.69) is 59.5 Å². The summed E-state index contributed by atoms with van der Waals surface area (Å²) in [6.45, 7) is 9.94. The van der Waals surface area contributed by atoms with Crippen LogP contribution in [0.3, 0.4) is 0 Å². The molecule has 1 aliphatic carbocycles. The summed E-state index contributed by atoms with van der Waals surface area (Å²) < 4.78 is 5.78. The first-order chi connectivity index (χ1) is 17.9.